The van der Waals surface area contributed by atoms with Crippen molar-refractivity contribution < 1.29 is 19.1 Å². The van der Waals surface area contributed by atoms with Crippen LogP contribution in [0.4, 0.5) is 9.18 Å². The van der Waals surface area contributed by atoms with Crippen LogP contribution in [0.25, 0.3) is 0 Å². The maximum atomic E-state index is 13.5. The van der Waals surface area contributed by atoms with E-state index < -0.39 is 23.9 Å². The highest BCUT2D eigenvalue weighted by Gasteiger charge is 2.19. The molecule has 2 amide bonds. The SMILES string of the molecule is CSCCC(NC(=O)NCc1cc(Br)ccc1F)C(=O)O. The van der Waals surface area contributed by atoms with Gasteiger partial charge < -0.3 is 15.7 Å². The van der Waals surface area contributed by atoms with Crippen LogP contribution in [-0.2, 0) is 11.3 Å². The molecule has 8 heteroatoms. The molecular weight excluding hydrogens is 363 g/mol. The van der Waals surface area contributed by atoms with E-state index in [2.05, 4.69) is 26.6 Å². The lowest BCUT2D eigenvalue weighted by Gasteiger charge is -2.15. The van der Waals surface area contributed by atoms with E-state index in [0.717, 1.165) is 0 Å². The van der Waals surface area contributed by atoms with Crippen molar-refractivity contribution in [3.05, 3.63) is 34.1 Å². The summed E-state index contributed by atoms with van der Waals surface area (Å²) in [6, 6.07) is 2.81. The second kappa shape index (κ2) is 8.89. The van der Waals surface area contributed by atoms with Crippen LogP contribution in [0.2, 0.25) is 0 Å². The molecule has 0 spiro atoms. The van der Waals surface area contributed by atoms with Gasteiger partial charge in [-0.05, 0) is 36.6 Å². The van der Waals surface area contributed by atoms with Gasteiger partial charge in [0.1, 0.15) is 11.9 Å². The Morgan fingerprint density at radius 2 is 2.19 bits per heavy atom. The third-order valence-corrected chi connectivity index (χ3v) is 3.80. The number of urea groups is 1. The quantitative estimate of drug-likeness (QED) is 0.681. The smallest absolute Gasteiger partial charge is 0.326 e. The largest absolute Gasteiger partial charge is 0.480 e. The number of benzene rings is 1. The van der Waals surface area contributed by atoms with Crippen molar-refractivity contribution in [1.82, 2.24) is 10.6 Å². The number of thioether (sulfide) groups is 1. The number of halogens is 2. The number of rotatable bonds is 7. The number of amides is 2. The number of carboxylic acid groups (broad SMARTS) is 1. The van der Waals surface area contributed by atoms with E-state index in [1.165, 1.54) is 17.8 Å². The minimum absolute atomic E-state index is 0.0219. The lowest BCUT2D eigenvalue weighted by Crippen LogP contribution is -2.46. The maximum Gasteiger partial charge on any atom is 0.326 e. The van der Waals surface area contributed by atoms with Crippen LogP contribution in [0, 0.1) is 5.82 Å². The van der Waals surface area contributed by atoms with Crippen LogP contribution >= 0.6 is 27.7 Å². The Labute approximate surface area is 134 Å². The Bertz CT molecular complexity index is 516. The number of hydrogen-bond acceptors (Lipinski definition) is 3. The molecule has 0 saturated heterocycles. The van der Waals surface area contributed by atoms with Gasteiger partial charge in [-0.3, -0.25) is 0 Å². The van der Waals surface area contributed by atoms with Gasteiger partial charge in [0.25, 0.3) is 0 Å². The summed E-state index contributed by atoms with van der Waals surface area (Å²) in [7, 11) is 0. The molecule has 0 fully saturated rings. The summed E-state index contributed by atoms with van der Waals surface area (Å²) in [6.07, 6.45) is 2.18. The molecule has 0 radical (unpaired) electrons. The van der Waals surface area contributed by atoms with Gasteiger partial charge in [0.15, 0.2) is 0 Å². The second-order valence-electron chi connectivity index (χ2n) is 4.24. The van der Waals surface area contributed by atoms with Crippen LogP contribution in [0.15, 0.2) is 22.7 Å². The molecule has 0 aromatic heterocycles. The van der Waals surface area contributed by atoms with Crippen LogP contribution in [0.5, 0.6) is 0 Å². The molecule has 0 saturated carbocycles. The standard InChI is InChI=1S/C13H16BrFN2O3S/c1-21-5-4-11(12(18)19)17-13(20)16-7-8-6-9(14)2-3-10(8)15/h2-3,6,11H,4-5,7H2,1H3,(H,18,19)(H2,16,17,20). The predicted molar refractivity (Wildman–Crippen MR) is 83.9 cm³/mol. The number of carbonyl (C=O) groups excluding carboxylic acids is 1. The van der Waals surface area contributed by atoms with Crippen LogP contribution in [0.1, 0.15) is 12.0 Å². The van der Waals surface area contributed by atoms with Crippen molar-refractivity contribution in [3.63, 3.8) is 0 Å². The summed E-state index contributed by atoms with van der Waals surface area (Å²) in [6.45, 7) is -0.0219. The molecule has 0 aliphatic rings. The van der Waals surface area contributed by atoms with Crippen LogP contribution in [-0.4, -0.2) is 35.2 Å². The molecule has 5 nitrogen and oxygen atoms in total. The molecule has 1 rings (SSSR count). The zero-order valence-electron chi connectivity index (χ0n) is 11.4. The highest BCUT2D eigenvalue weighted by atomic mass is 79.9. The fraction of sp³-hybridized carbons (Fsp3) is 0.385. The fourth-order valence-electron chi connectivity index (χ4n) is 1.56. The summed E-state index contributed by atoms with van der Waals surface area (Å²) in [5.41, 5.74) is 0.315. The van der Waals surface area contributed by atoms with Gasteiger partial charge in [-0.15, -0.1) is 0 Å². The molecule has 3 N–H and O–H groups in total. The minimum Gasteiger partial charge on any atom is -0.480 e. The number of aliphatic carboxylic acids is 1. The first-order valence-corrected chi connectivity index (χ1v) is 8.32. The molecule has 1 aromatic rings. The molecule has 0 aliphatic heterocycles. The molecule has 0 aliphatic carbocycles. The monoisotopic (exact) mass is 378 g/mol. The summed E-state index contributed by atoms with van der Waals surface area (Å²) in [5, 5.41) is 13.8. The van der Waals surface area contributed by atoms with Crippen molar-refractivity contribution in [2.24, 2.45) is 0 Å². The van der Waals surface area contributed by atoms with Crippen LogP contribution < -0.4 is 10.6 Å². The highest BCUT2D eigenvalue weighted by molar-refractivity contribution is 9.10. The first-order chi connectivity index (χ1) is 9.93. The van der Waals surface area contributed by atoms with Crippen molar-refractivity contribution in [2.75, 3.05) is 12.0 Å². The molecule has 0 heterocycles. The minimum atomic E-state index is -1.09. The van der Waals surface area contributed by atoms with E-state index in [0.29, 0.717) is 22.2 Å². The third kappa shape index (κ3) is 6.34. The highest BCUT2D eigenvalue weighted by Crippen LogP contribution is 2.15. The van der Waals surface area contributed by atoms with E-state index in [1.807, 2.05) is 6.26 Å². The zero-order valence-corrected chi connectivity index (χ0v) is 13.8. The summed E-state index contributed by atoms with van der Waals surface area (Å²) in [4.78, 5) is 22.7. The van der Waals surface area contributed by atoms with Gasteiger partial charge in [-0.1, -0.05) is 15.9 Å². The van der Waals surface area contributed by atoms with Crippen molar-refractivity contribution >= 4 is 39.7 Å². The number of nitrogens with one attached hydrogen (secondary N) is 2. The third-order valence-electron chi connectivity index (χ3n) is 2.66. The number of hydrogen-bond donors (Lipinski definition) is 3. The average molecular weight is 379 g/mol. The molecular formula is C13H16BrFN2O3S. The normalized spacial score (nSPS) is 11.8. The molecule has 1 atom stereocenters. The first kappa shape index (κ1) is 17.8. The summed E-state index contributed by atoms with van der Waals surface area (Å²) >= 11 is 4.71. The number of carboxylic acids is 1. The van der Waals surface area contributed by atoms with Crippen molar-refractivity contribution in [3.8, 4) is 0 Å². The van der Waals surface area contributed by atoms with Crippen molar-refractivity contribution in [1.29, 1.82) is 0 Å². The average Bonchev–Trinajstić information content (AvgIpc) is 2.44. The predicted octanol–water partition coefficient (Wildman–Crippen LogP) is 2.59. The van der Waals surface area contributed by atoms with Gasteiger partial charge >= 0.3 is 12.0 Å². The van der Waals surface area contributed by atoms with Crippen LogP contribution in [0.3, 0.4) is 0 Å². The lowest BCUT2D eigenvalue weighted by atomic mass is 10.2. The van der Waals surface area contributed by atoms with Gasteiger partial charge in [0, 0.05) is 16.6 Å². The first-order valence-electron chi connectivity index (χ1n) is 6.14. The Hall–Kier alpha value is -1.28. The van der Waals surface area contributed by atoms with E-state index >= 15 is 0 Å². The molecule has 21 heavy (non-hydrogen) atoms. The van der Waals surface area contributed by atoms with E-state index in [4.69, 9.17) is 5.11 Å². The topological polar surface area (TPSA) is 78.4 Å². The molecule has 1 aromatic carbocycles. The van der Waals surface area contributed by atoms with Gasteiger partial charge in [0.05, 0.1) is 0 Å². The summed E-state index contributed by atoms with van der Waals surface area (Å²) < 4.78 is 14.2. The molecule has 116 valence electrons. The summed E-state index contributed by atoms with van der Waals surface area (Å²) in [5.74, 6) is -0.902. The lowest BCUT2D eigenvalue weighted by molar-refractivity contribution is -0.139. The second-order valence-corrected chi connectivity index (χ2v) is 6.14. The van der Waals surface area contributed by atoms with E-state index in [-0.39, 0.29) is 6.54 Å². The van der Waals surface area contributed by atoms with Gasteiger partial charge in [0.2, 0.25) is 0 Å². The zero-order chi connectivity index (χ0) is 15.8. The fourth-order valence-corrected chi connectivity index (χ4v) is 2.44. The van der Waals surface area contributed by atoms with Gasteiger partial charge in [-0.25, -0.2) is 14.0 Å². The number of carbonyl (C=O) groups is 2. The van der Waals surface area contributed by atoms with Gasteiger partial charge in [-0.2, -0.15) is 11.8 Å². The van der Waals surface area contributed by atoms with Crippen molar-refractivity contribution in [2.45, 2.75) is 19.0 Å². The molecule has 1 unspecified atom stereocenters. The Kier molecular flexibility index (Phi) is 7.52. The van der Waals surface area contributed by atoms with E-state index in [9.17, 15) is 14.0 Å². The Morgan fingerprint density at radius 1 is 1.48 bits per heavy atom. The van der Waals surface area contributed by atoms with E-state index in [1.54, 1.807) is 12.1 Å². The maximum absolute atomic E-state index is 13.5. The Morgan fingerprint density at radius 3 is 2.81 bits per heavy atom. The molecule has 0 bridgehead atoms. The Balaban J connectivity index is 2.52.